The maximum absolute atomic E-state index is 13.3. The maximum atomic E-state index is 13.3. The highest BCUT2D eigenvalue weighted by Gasteiger charge is 2.14. The molecule has 2 aromatic heterocycles. The molecular formula is C15H9FN2O. The average molecular weight is 252 g/mol. The lowest BCUT2D eigenvalue weighted by Crippen LogP contribution is -1.91. The van der Waals surface area contributed by atoms with E-state index in [0.29, 0.717) is 27.7 Å². The van der Waals surface area contributed by atoms with Gasteiger partial charge in [-0.1, -0.05) is 12.1 Å². The van der Waals surface area contributed by atoms with E-state index < -0.39 is 0 Å². The first-order valence-corrected chi connectivity index (χ1v) is 5.90. The van der Waals surface area contributed by atoms with E-state index in [1.54, 1.807) is 6.07 Å². The number of hydrogen-bond acceptors (Lipinski definition) is 3. The normalized spacial score (nSPS) is 11.6. The maximum Gasteiger partial charge on any atom is 0.177 e. The number of fused-ring (bicyclic) bond motifs is 4. The van der Waals surface area contributed by atoms with E-state index >= 15 is 0 Å². The zero-order chi connectivity index (χ0) is 13.0. The standard InChI is InChI=1S/C15H9FN2O/c16-8-5-6-9-11(7-8)18-14-10-3-1-2-4-12(10)19-15(14)13(9)17/h1-7H,(H2,17,18). The predicted molar refractivity (Wildman–Crippen MR) is 73.4 cm³/mol. The molecule has 0 saturated heterocycles. The quantitative estimate of drug-likeness (QED) is 0.517. The summed E-state index contributed by atoms with van der Waals surface area (Å²) in [6, 6.07) is 12.0. The van der Waals surface area contributed by atoms with Crippen molar-refractivity contribution in [1.82, 2.24) is 4.98 Å². The lowest BCUT2D eigenvalue weighted by molar-refractivity contribution is 0.629. The molecule has 2 aromatic carbocycles. The third kappa shape index (κ3) is 1.34. The molecule has 0 aliphatic heterocycles. The number of furan rings is 1. The molecule has 0 saturated carbocycles. The van der Waals surface area contributed by atoms with Crippen LogP contribution in [0.2, 0.25) is 0 Å². The fraction of sp³-hybridized carbons (Fsp3) is 0. The Balaban J connectivity index is 2.30. The molecular weight excluding hydrogens is 243 g/mol. The fourth-order valence-corrected chi connectivity index (χ4v) is 2.39. The van der Waals surface area contributed by atoms with Crippen molar-refractivity contribution in [2.24, 2.45) is 0 Å². The minimum absolute atomic E-state index is 0.327. The van der Waals surface area contributed by atoms with E-state index in [0.717, 1.165) is 11.0 Å². The van der Waals surface area contributed by atoms with Crippen LogP contribution in [-0.4, -0.2) is 4.98 Å². The monoisotopic (exact) mass is 252 g/mol. The van der Waals surface area contributed by atoms with Crippen molar-refractivity contribution in [1.29, 1.82) is 0 Å². The van der Waals surface area contributed by atoms with E-state index in [2.05, 4.69) is 4.98 Å². The highest BCUT2D eigenvalue weighted by atomic mass is 19.1. The number of aromatic nitrogens is 1. The fourth-order valence-electron chi connectivity index (χ4n) is 2.39. The third-order valence-electron chi connectivity index (χ3n) is 3.30. The summed E-state index contributed by atoms with van der Waals surface area (Å²) >= 11 is 0. The Morgan fingerprint density at radius 3 is 2.79 bits per heavy atom. The molecule has 3 nitrogen and oxygen atoms in total. The van der Waals surface area contributed by atoms with Gasteiger partial charge in [-0.25, -0.2) is 9.37 Å². The molecule has 4 heteroatoms. The molecule has 0 fully saturated rings. The molecule has 4 aromatic rings. The number of pyridine rings is 1. The summed E-state index contributed by atoms with van der Waals surface area (Å²) in [5.74, 6) is -0.327. The largest absolute Gasteiger partial charge is 0.452 e. The van der Waals surface area contributed by atoms with Crippen LogP contribution >= 0.6 is 0 Å². The molecule has 0 radical (unpaired) electrons. The van der Waals surface area contributed by atoms with Gasteiger partial charge in [0, 0.05) is 16.8 Å². The number of anilines is 1. The van der Waals surface area contributed by atoms with Crippen LogP contribution in [0.15, 0.2) is 46.9 Å². The molecule has 0 unspecified atom stereocenters. The van der Waals surface area contributed by atoms with Gasteiger partial charge in [0.1, 0.15) is 16.9 Å². The van der Waals surface area contributed by atoms with Crippen LogP contribution in [0.3, 0.4) is 0 Å². The average Bonchev–Trinajstić information content (AvgIpc) is 2.78. The zero-order valence-electron chi connectivity index (χ0n) is 9.85. The van der Waals surface area contributed by atoms with Gasteiger partial charge in [-0.2, -0.15) is 0 Å². The molecule has 0 atom stereocenters. The Bertz CT molecular complexity index is 943. The molecule has 19 heavy (non-hydrogen) atoms. The number of benzene rings is 2. The number of nitrogens with two attached hydrogens (primary N) is 1. The van der Waals surface area contributed by atoms with Gasteiger partial charge >= 0.3 is 0 Å². The Morgan fingerprint density at radius 2 is 1.89 bits per heavy atom. The topological polar surface area (TPSA) is 52.0 Å². The summed E-state index contributed by atoms with van der Waals surface area (Å²) < 4.78 is 19.0. The molecule has 92 valence electrons. The van der Waals surface area contributed by atoms with Gasteiger partial charge in [-0.15, -0.1) is 0 Å². The van der Waals surface area contributed by atoms with Crippen LogP contribution in [0.5, 0.6) is 0 Å². The van der Waals surface area contributed by atoms with Crippen LogP contribution in [0.1, 0.15) is 0 Å². The number of nitrogens with zero attached hydrogens (tertiary/aromatic N) is 1. The number of rotatable bonds is 0. The molecule has 2 heterocycles. The molecule has 0 aliphatic carbocycles. The summed E-state index contributed by atoms with van der Waals surface area (Å²) in [6.45, 7) is 0. The highest BCUT2D eigenvalue weighted by Crippen LogP contribution is 2.34. The number of nitrogen functional groups attached to an aromatic ring is 1. The number of halogens is 1. The number of para-hydroxylation sites is 1. The smallest absolute Gasteiger partial charge is 0.177 e. The van der Waals surface area contributed by atoms with Crippen molar-refractivity contribution < 1.29 is 8.81 Å². The highest BCUT2D eigenvalue weighted by molar-refractivity contribution is 6.13. The number of hydrogen-bond donors (Lipinski definition) is 1. The molecule has 4 rings (SSSR count). The molecule has 2 N–H and O–H groups in total. The molecule has 0 aliphatic rings. The van der Waals surface area contributed by atoms with Gasteiger partial charge < -0.3 is 10.2 Å². The second-order valence-corrected chi connectivity index (χ2v) is 4.46. The molecule has 0 amide bonds. The molecule has 0 bridgehead atoms. The van der Waals surface area contributed by atoms with Gasteiger partial charge in [-0.05, 0) is 24.3 Å². The van der Waals surface area contributed by atoms with Gasteiger partial charge in [0.15, 0.2) is 5.58 Å². The second kappa shape index (κ2) is 3.45. The first-order chi connectivity index (χ1) is 9.24. The van der Waals surface area contributed by atoms with Gasteiger partial charge in [0.05, 0.1) is 11.2 Å². The Labute approximate surface area is 107 Å². The minimum atomic E-state index is -0.327. The van der Waals surface area contributed by atoms with Crippen LogP contribution in [0.25, 0.3) is 33.0 Å². The Morgan fingerprint density at radius 1 is 1.05 bits per heavy atom. The first kappa shape index (κ1) is 10.3. The van der Waals surface area contributed by atoms with Gasteiger partial charge in [0.25, 0.3) is 0 Å². The van der Waals surface area contributed by atoms with E-state index in [1.807, 2.05) is 24.3 Å². The van der Waals surface area contributed by atoms with Crippen molar-refractivity contribution in [2.45, 2.75) is 0 Å². The lowest BCUT2D eigenvalue weighted by atomic mass is 10.1. The van der Waals surface area contributed by atoms with E-state index in [-0.39, 0.29) is 5.82 Å². The summed E-state index contributed by atoms with van der Waals surface area (Å²) in [6.07, 6.45) is 0. The Hall–Kier alpha value is -2.62. The van der Waals surface area contributed by atoms with Crippen molar-refractivity contribution in [3.8, 4) is 0 Å². The summed E-state index contributed by atoms with van der Waals surface area (Å²) in [5, 5.41) is 1.59. The molecule has 0 spiro atoms. The van der Waals surface area contributed by atoms with Crippen LogP contribution in [0, 0.1) is 5.82 Å². The summed E-state index contributed by atoms with van der Waals surface area (Å²) in [5.41, 5.74) is 9.10. The van der Waals surface area contributed by atoms with E-state index in [9.17, 15) is 4.39 Å². The van der Waals surface area contributed by atoms with Crippen molar-refractivity contribution in [3.63, 3.8) is 0 Å². The van der Waals surface area contributed by atoms with Gasteiger partial charge in [-0.3, -0.25) is 0 Å². The Kier molecular flexibility index (Phi) is 1.87. The third-order valence-corrected chi connectivity index (χ3v) is 3.30. The minimum Gasteiger partial charge on any atom is -0.452 e. The van der Waals surface area contributed by atoms with E-state index in [1.165, 1.54) is 12.1 Å². The van der Waals surface area contributed by atoms with Crippen LogP contribution in [0.4, 0.5) is 10.1 Å². The van der Waals surface area contributed by atoms with Crippen molar-refractivity contribution in [3.05, 3.63) is 48.3 Å². The van der Waals surface area contributed by atoms with Crippen LogP contribution < -0.4 is 5.73 Å². The summed E-state index contributed by atoms with van der Waals surface area (Å²) in [4.78, 5) is 4.47. The SMILES string of the molecule is Nc1c2ccc(F)cc2nc2c1oc1ccccc12. The van der Waals surface area contributed by atoms with Crippen molar-refractivity contribution >= 4 is 38.7 Å². The van der Waals surface area contributed by atoms with E-state index in [4.69, 9.17) is 10.2 Å². The van der Waals surface area contributed by atoms with Gasteiger partial charge in [0.2, 0.25) is 0 Å². The zero-order valence-corrected chi connectivity index (χ0v) is 9.85. The summed E-state index contributed by atoms with van der Waals surface area (Å²) in [7, 11) is 0. The second-order valence-electron chi connectivity index (χ2n) is 4.46. The van der Waals surface area contributed by atoms with Crippen LogP contribution in [-0.2, 0) is 0 Å². The lowest BCUT2D eigenvalue weighted by Gasteiger charge is -2.02. The predicted octanol–water partition coefficient (Wildman–Crippen LogP) is 3.86. The first-order valence-electron chi connectivity index (χ1n) is 5.90. The van der Waals surface area contributed by atoms with Crippen molar-refractivity contribution in [2.75, 3.05) is 5.73 Å².